The van der Waals surface area contributed by atoms with Gasteiger partial charge in [0.25, 0.3) is 0 Å². The third-order valence-electron chi connectivity index (χ3n) is 4.15. The van der Waals surface area contributed by atoms with Crippen LogP contribution in [0.5, 0.6) is 0 Å². The van der Waals surface area contributed by atoms with E-state index in [9.17, 15) is 4.79 Å². The lowest BCUT2D eigenvalue weighted by atomic mass is 9.96. The molecular weight excluding hydrogens is 200 g/mol. The molecular formula is C13H24N2O. The summed E-state index contributed by atoms with van der Waals surface area (Å²) in [5.41, 5.74) is 0.0599. The molecule has 0 aromatic carbocycles. The lowest BCUT2D eigenvalue weighted by Gasteiger charge is -2.35. The molecule has 16 heavy (non-hydrogen) atoms. The summed E-state index contributed by atoms with van der Waals surface area (Å²) in [7, 11) is 2.00. The van der Waals surface area contributed by atoms with Gasteiger partial charge in [0.2, 0.25) is 5.91 Å². The SMILES string of the molecule is CCCC1(C(=O)N2CCCC(NC)C2)CC1. The third-order valence-corrected chi connectivity index (χ3v) is 4.15. The molecule has 1 aliphatic heterocycles. The monoisotopic (exact) mass is 224 g/mol. The number of carbonyl (C=O) groups excluding carboxylic acids is 1. The zero-order chi connectivity index (χ0) is 11.6. The van der Waals surface area contributed by atoms with Gasteiger partial charge in [0.1, 0.15) is 0 Å². The predicted molar refractivity (Wildman–Crippen MR) is 65.2 cm³/mol. The minimum absolute atomic E-state index is 0.0599. The molecule has 0 aromatic rings. The normalized spacial score (nSPS) is 27.9. The molecule has 1 atom stereocenters. The van der Waals surface area contributed by atoms with E-state index in [1.807, 2.05) is 7.05 Å². The molecule has 1 unspecified atom stereocenters. The molecule has 92 valence electrons. The van der Waals surface area contributed by atoms with E-state index in [0.29, 0.717) is 11.9 Å². The first-order valence-corrected chi connectivity index (χ1v) is 6.68. The number of rotatable bonds is 4. The smallest absolute Gasteiger partial charge is 0.228 e. The first-order valence-electron chi connectivity index (χ1n) is 6.68. The minimum atomic E-state index is 0.0599. The summed E-state index contributed by atoms with van der Waals surface area (Å²) < 4.78 is 0. The lowest BCUT2D eigenvalue weighted by molar-refractivity contribution is -0.138. The zero-order valence-electron chi connectivity index (χ0n) is 10.6. The van der Waals surface area contributed by atoms with Gasteiger partial charge in [0.15, 0.2) is 0 Å². The summed E-state index contributed by atoms with van der Waals surface area (Å²) in [4.78, 5) is 14.5. The van der Waals surface area contributed by atoms with Crippen LogP contribution < -0.4 is 5.32 Å². The molecule has 1 N–H and O–H groups in total. The van der Waals surface area contributed by atoms with Crippen LogP contribution in [-0.4, -0.2) is 37.0 Å². The number of carbonyl (C=O) groups is 1. The van der Waals surface area contributed by atoms with Crippen LogP contribution in [-0.2, 0) is 4.79 Å². The molecule has 1 heterocycles. The number of hydrogen-bond acceptors (Lipinski definition) is 2. The van der Waals surface area contributed by atoms with Crippen LogP contribution in [0.4, 0.5) is 0 Å². The summed E-state index contributed by atoms with van der Waals surface area (Å²) in [6.07, 6.45) is 6.84. The Hall–Kier alpha value is -0.570. The second-order valence-electron chi connectivity index (χ2n) is 5.41. The Morgan fingerprint density at radius 1 is 1.50 bits per heavy atom. The molecule has 1 amide bonds. The van der Waals surface area contributed by atoms with Gasteiger partial charge in [-0.15, -0.1) is 0 Å². The third kappa shape index (κ3) is 2.24. The number of likely N-dealkylation sites (tertiary alicyclic amines) is 1. The lowest BCUT2D eigenvalue weighted by Crippen LogP contribution is -2.49. The van der Waals surface area contributed by atoms with Crippen LogP contribution in [0.15, 0.2) is 0 Å². The molecule has 2 rings (SSSR count). The average molecular weight is 224 g/mol. The molecule has 1 saturated carbocycles. The van der Waals surface area contributed by atoms with Gasteiger partial charge in [0.05, 0.1) is 0 Å². The molecule has 2 aliphatic rings. The first kappa shape index (κ1) is 11.9. The second kappa shape index (κ2) is 4.74. The van der Waals surface area contributed by atoms with Crippen molar-refractivity contribution in [2.75, 3.05) is 20.1 Å². The van der Waals surface area contributed by atoms with Crippen molar-refractivity contribution >= 4 is 5.91 Å². The van der Waals surface area contributed by atoms with Crippen molar-refractivity contribution in [3.63, 3.8) is 0 Å². The summed E-state index contributed by atoms with van der Waals surface area (Å²) in [5.74, 6) is 0.439. The number of hydrogen-bond donors (Lipinski definition) is 1. The maximum Gasteiger partial charge on any atom is 0.228 e. The van der Waals surface area contributed by atoms with Crippen molar-refractivity contribution in [3.8, 4) is 0 Å². The molecule has 0 bridgehead atoms. The Labute approximate surface area is 98.6 Å². The van der Waals surface area contributed by atoms with E-state index in [1.165, 1.54) is 6.42 Å². The van der Waals surface area contributed by atoms with Crippen molar-refractivity contribution in [1.82, 2.24) is 10.2 Å². The Morgan fingerprint density at radius 3 is 2.81 bits per heavy atom. The Balaban J connectivity index is 1.94. The summed E-state index contributed by atoms with van der Waals surface area (Å²) >= 11 is 0. The first-order chi connectivity index (χ1) is 7.72. The summed E-state index contributed by atoms with van der Waals surface area (Å²) in [6, 6.07) is 0.509. The standard InChI is InChI=1S/C13H24N2O/c1-3-6-13(7-8-13)12(16)15-9-4-5-11(10-15)14-2/h11,14H,3-10H2,1-2H3. The van der Waals surface area contributed by atoms with Gasteiger partial charge in [0, 0.05) is 24.5 Å². The molecule has 0 radical (unpaired) electrons. The summed E-state index contributed by atoms with van der Waals surface area (Å²) in [5, 5.41) is 3.30. The molecule has 3 nitrogen and oxygen atoms in total. The van der Waals surface area contributed by atoms with Crippen molar-refractivity contribution in [2.45, 2.75) is 51.5 Å². The van der Waals surface area contributed by atoms with Crippen molar-refractivity contribution in [2.24, 2.45) is 5.41 Å². The molecule has 1 saturated heterocycles. The van der Waals surface area contributed by atoms with E-state index in [1.54, 1.807) is 0 Å². The maximum atomic E-state index is 12.4. The van der Waals surface area contributed by atoms with Crippen molar-refractivity contribution in [1.29, 1.82) is 0 Å². The maximum absolute atomic E-state index is 12.4. The average Bonchev–Trinajstić information content (AvgIpc) is 3.10. The van der Waals surface area contributed by atoms with Crippen LogP contribution in [0.3, 0.4) is 0 Å². The molecule has 2 fully saturated rings. The fourth-order valence-corrected chi connectivity index (χ4v) is 2.93. The number of nitrogens with one attached hydrogen (secondary N) is 1. The van der Waals surface area contributed by atoms with E-state index in [-0.39, 0.29) is 5.41 Å². The molecule has 1 aliphatic carbocycles. The number of likely N-dealkylation sites (N-methyl/N-ethyl adjacent to an activating group) is 1. The van der Waals surface area contributed by atoms with Gasteiger partial charge >= 0.3 is 0 Å². The fraction of sp³-hybridized carbons (Fsp3) is 0.923. The molecule has 0 spiro atoms. The van der Waals surface area contributed by atoms with Gasteiger partial charge in [-0.25, -0.2) is 0 Å². The zero-order valence-corrected chi connectivity index (χ0v) is 10.6. The van der Waals surface area contributed by atoms with Gasteiger partial charge in [-0.05, 0) is 39.2 Å². The van der Waals surface area contributed by atoms with Crippen molar-refractivity contribution < 1.29 is 4.79 Å². The molecule has 0 aromatic heterocycles. The second-order valence-corrected chi connectivity index (χ2v) is 5.41. The highest BCUT2D eigenvalue weighted by molar-refractivity contribution is 5.85. The van der Waals surface area contributed by atoms with E-state index in [0.717, 1.165) is 45.2 Å². The van der Waals surface area contributed by atoms with Gasteiger partial charge < -0.3 is 10.2 Å². The highest BCUT2D eigenvalue weighted by atomic mass is 16.2. The predicted octanol–water partition coefficient (Wildman–Crippen LogP) is 1.78. The summed E-state index contributed by atoms with van der Waals surface area (Å²) in [6.45, 7) is 4.07. The Kier molecular flexibility index (Phi) is 3.53. The largest absolute Gasteiger partial charge is 0.341 e. The highest BCUT2D eigenvalue weighted by Crippen LogP contribution is 2.51. The topological polar surface area (TPSA) is 32.3 Å². The Morgan fingerprint density at radius 2 is 2.25 bits per heavy atom. The van der Waals surface area contributed by atoms with Crippen LogP contribution in [0.1, 0.15) is 45.4 Å². The van der Waals surface area contributed by atoms with Crippen LogP contribution in [0.25, 0.3) is 0 Å². The van der Waals surface area contributed by atoms with E-state index < -0.39 is 0 Å². The number of amides is 1. The minimum Gasteiger partial charge on any atom is -0.341 e. The van der Waals surface area contributed by atoms with E-state index in [4.69, 9.17) is 0 Å². The van der Waals surface area contributed by atoms with Gasteiger partial charge in [-0.3, -0.25) is 4.79 Å². The van der Waals surface area contributed by atoms with E-state index in [2.05, 4.69) is 17.1 Å². The van der Waals surface area contributed by atoms with Crippen molar-refractivity contribution in [3.05, 3.63) is 0 Å². The number of nitrogens with zero attached hydrogens (tertiary/aromatic N) is 1. The quantitative estimate of drug-likeness (QED) is 0.789. The number of piperidine rings is 1. The van der Waals surface area contributed by atoms with E-state index >= 15 is 0 Å². The van der Waals surface area contributed by atoms with Crippen LogP contribution >= 0.6 is 0 Å². The van der Waals surface area contributed by atoms with Gasteiger partial charge in [-0.1, -0.05) is 13.3 Å². The molecule has 3 heteroatoms. The van der Waals surface area contributed by atoms with Gasteiger partial charge in [-0.2, -0.15) is 0 Å². The highest BCUT2D eigenvalue weighted by Gasteiger charge is 2.50. The van der Waals surface area contributed by atoms with Crippen LogP contribution in [0.2, 0.25) is 0 Å². The van der Waals surface area contributed by atoms with Crippen LogP contribution in [0, 0.1) is 5.41 Å². The fourth-order valence-electron chi connectivity index (χ4n) is 2.93. The Bertz CT molecular complexity index is 261.